The van der Waals surface area contributed by atoms with E-state index in [4.69, 9.17) is 4.74 Å². The predicted octanol–water partition coefficient (Wildman–Crippen LogP) is 6.42. The van der Waals surface area contributed by atoms with Gasteiger partial charge in [0.25, 0.3) is 0 Å². The van der Waals surface area contributed by atoms with Crippen molar-refractivity contribution >= 4 is 5.97 Å². The molecule has 0 aromatic heterocycles. The van der Waals surface area contributed by atoms with Crippen LogP contribution >= 0.6 is 0 Å². The number of rotatable bonds is 15. The largest absolute Gasteiger partial charge is 0.462 e. The topological polar surface area (TPSA) is 26.3 Å². The smallest absolute Gasteiger partial charge is 0.306 e. The highest BCUT2D eigenvalue weighted by molar-refractivity contribution is 5.69. The van der Waals surface area contributed by atoms with Crippen LogP contribution in [0.5, 0.6) is 0 Å². The quantitative estimate of drug-likeness (QED) is 0.257. The maximum absolute atomic E-state index is 11.8. The van der Waals surface area contributed by atoms with Crippen molar-refractivity contribution in [2.75, 3.05) is 0 Å². The molecule has 0 rings (SSSR count). The average molecular weight is 299 g/mol. The molecule has 0 amide bonds. The second-order valence-electron chi connectivity index (χ2n) is 6.24. The second-order valence-corrected chi connectivity index (χ2v) is 6.24. The zero-order valence-corrected chi connectivity index (χ0v) is 14.8. The van der Waals surface area contributed by atoms with Gasteiger partial charge in [0, 0.05) is 6.42 Å². The van der Waals surface area contributed by atoms with Crippen LogP contribution in [0.4, 0.5) is 0 Å². The molecule has 0 saturated heterocycles. The van der Waals surface area contributed by atoms with Gasteiger partial charge < -0.3 is 4.74 Å². The average Bonchev–Trinajstić information content (AvgIpc) is 2.49. The summed E-state index contributed by atoms with van der Waals surface area (Å²) in [7, 11) is 0. The SMILES string of the molecule is CCCCCCCCCC(=O)O[C@H](CC)CCCCCC. The van der Waals surface area contributed by atoms with Crippen molar-refractivity contribution in [2.24, 2.45) is 0 Å². The summed E-state index contributed by atoms with van der Waals surface area (Å²) in [5.41, 5.74) is 0. The minimum absolute atomic E-state index is 0.0194. The number of hydrogen-bond donors (Lipinski definition) is 0. The molecular formula is C19H38O2. The van der Waals surface area contributed by atoms with Gasteiger partial charge in [0.15, 0.2) is 0 Å². The Bertz CT molecular complexity index is 226. The van der Waals surface area contributed by atoms with Gasteiger partial charge in [-0.1, -0.05) is 78.6 Å². The molecular weight excluding hydrogens is 260 g/mol. The Morgan fingerprint density at radius 2 is 1.29 bits per heavy atom. The molecule has 0 heterocycles. The van der Waals surface area contributed by atoms with Gasteiger partial charge >= 0.3 is 5.97 Å². The highest BCUT2D eigenvalue weighted by Crippen LogP contribution is 2.13. The van der Waals surface area contributed by atoms with Crippen molar-refractivity contribution in [3.05, 3.63) is 0 Å². The lowest BCUT2D eigenvalue weighted by molar-refractivity contribution is -0.149. The summed E-state index contributed by atoms with van der Waals surface area (Å²) in [6, 6.07) is 0. The van der Waals surface area contributed by atoms with Crippen molar-refractivity contribution in [3.8, 4) is 0 Å². The minimum Gasteiger partial charge on any atom is -0.462 e. The van der Waals surface area contributed by atoms with Gasteiger partial charge in [-0.15, -0.1) is 0 Å². The summed E-state index contributed by atoms with van der Waals surface area (Å²) in [5, 5.41) is 0. The lowest BCUT2D eigenvalue weighted by atomic mass is 10.1. The van der Waals surface area contributed by atoms with E-state index in [0.29, 0.717) is 6.42 Å². The fraction of sp³-hybridized carbons (Fsp3) is 0.947. The second kappa shape index (κ2) is 15.9. The molecule has 0 fully saturated rings. The van der Waals surface area contributed by atoms with Crippen molar-refractivity contribution < 1.29 is 9.53 Å². The molecule has 0 aliphatic heterocycles. The monoisotopic (exact) mass is 298 g/mol. The summed E-state index contributed by atoms with van der Waals surface area (Å²) in [4.78, 5) is 11.8. The number of hydrogen-bond acceptors (Lipinski definition) is 2. The molecule has 0 aliphatic rings. The van der Waals surface area contributed by atoms with E-state index in [-0.39, 0.29) is 12.1 Å². The molecule has 0 radical (unpaired) electrons. The number of carbonyl (C=O) groups is 1. The highest BCUT2D eigenvalue weighted by Gasteiger charge is 2.11. The Labute approximate surface area is 133 Å². The van der Waals surface area contributed by atoms with Gasteiger partial charge in [0.1, 0.15) is 6.10 Å². The lowest BCUT2D eigenvalue weighted by Gasteiger charge is -2.16. The van der Waals surface area contributed by atoms with Crippen LogP contribution in [0.25, 0.3) is 0 Å². The lowest BCUT2D eigenvalue weighted by Crippen LogP contribution is -2.17. The summed E-state index contributed by atoms with van der Waals surface area (Å²) < 4.78 is 5.59. The standard InChI is InChI=1S/C19H38O2/c1-4-7-9-11-12-13-15-17-19(20)21-18(6-3)16-14-10-8-5-2/h18H,4-17H2,1-3H3/t18-/m1/s1. The summed E-state index contributed by atoms with van der Waals surface area (Å²) in [6.07, 6.45) is 16.5. The number of esters is 1. The van der Waals surface area contributed by atoms with E-state index in [1.165, 1.54) is 64.2 Å². The normalized spacial score (nSPS) is 12.3. The van der Waals surface area contributed by atoms with Gasteiger partial charge in [-0.25, -0.2) is 0 Å². The maximum Gasteiger partial charge on any atom is 0.306 e. The highest BCUT2D eigenvalue weighted by atomic mass is 16.5. The third-order valence-corrected chi connectivity index (χ3v) is 4.12. The third kappa shape index (κ3) is 14.2. The van der Waals surface area contributed by atoms with Gasteiger partial charge in [-0.2, -0.15) is 0 Å². The van der Waals surface area contributed by atoms with Crippen LogP contribution in [0.15, 0.2) is 0 Å². The van der Waals surface area contributed by atoms with Gasteiger partial charge in [-0.3, -0.25) is 4.79 Å². The third-order valence-electron chi connectivity index (χ3n) is 4.12. The van der Waals surface area contributed by atoms with E-state index in [1.54, 1.807) is 0 Å². The van der Waals surface area contributed by atoms with Gasteiger partial charge in [0.2, 0.25) is 0 Å². The molecule has 21 heavy (non-hydrogen) atoms. The Morgan fingerprint density at radius 1 is 0.762 bits per heavy atom. The van der Waals surface area contributed by atoms with Crippen molar-refractivity contribution in [3.63, 3.8) is 0 Å². The van der Waals surface area contributed by atoms with Gasteiger partial charge in [-0.05, 0) is 25.7 Å². The Hall–Kier alpha value is -0.530. The van der Waals surface area contributed by atoms with E-state index in [2.05, 4.69) is 20.8 Å². The Morgan fingerprint density at radius 3 is 1.86 bits per heavy atom. The van der Waals surface area contributed by atoms with Crippen LogP contribution in [0.2, 0.25) is 0 Å². The number of ether oxygens (including phenoxy) is 1. The molecule has 0 bridgehead atoms. The van der Waals surface area contributed by atoms with Crippen molar-refractivity contribution in [2.45, 2.75) is 117 Å². The molecule has 0 aliphatic carbocycles. The summed E-state index contributed by atoms with van der Waals surface area (Å²) in [6.45, 7) is 6.58. The van der Waals surface area contributed by atoms with E-state index >= 15 is 0 Å². The molecule has 0 aromatic rings. The first-order valence-electron chi connectivity index (χ1n) is 9.44. The summed E-state index contributed by atoms with van der Waals surface area (Å²) in [5.74, 6) is 0.0194. The van der Waals surface area contributed by atoms with Gasteiger partial charge in [0.05, 0.1) is 0 Å². The molecule has 2 heteroatoms. The summed E-state index contributed by atoms with van der Waals surface area (Å²) >= 11 is 0. The first-order chi connectivity index (χ1) is 10.2. The maximum atomic E-state index is 11.8. The molecule has 0 N–H and O–H groups in total. The van der Waals surface area contributed by atoms with Crippen LogP contribution in [-0.2, 0) is 9.53 Å². The fourth-order valence-corrected chi connectivity index (χ4v) is 2.62. The van der Waals surface area contributed by atoms with E-state index in [1.807, 2.05) is 0 Å². The fourth-order valence-electron chi connectivity index (χ4n) is 2.62. The van der Waals surface area contributed by atoms with Crippen LogP contribution < -0.4 is 0 Å². The van der Waals surface area contributed by atoms with Crippen molar-refractivity contribution in [1.29, 1.82) is 0 Å². The van der Waals surface area contributed by atoms with E-state index < -0.39 is 0 Å². The number of unbranched alkanes of at least 4 members (excludes halogenated alkanes) is 9. The molecule has 0 saturated carbocycles. The van der Waals surface area contributed by atoms with Crippen LogP contribution in [-0.4, -0.2) is 12.1 Å². The zero-order valence-electron chi connectivity index (χ0n) is 14.8. The Balaban J connectivity index is 3.51. The Kier molecular flexibility index (Phi) is 15.5. The van der Waals surface area contributed by atoms with Crippen LogP contribution in [0, 0.1) is 0 Å². The first-order valence-corrected chi connectivity index (χ1v) is 9.44. The predicted molar refractivity (Wildman–Crippen MR) is 91.5 cm³/mol. The molecule has 0 aromatic carbocycles. The van der Waals surface area contributed by atoms with E-state index in [9.17, 15) is 4.79 Å². The number of carbonyl (C=O) groups excluding carboxylic acids is 1. The molecule has 0 unspecified atom stereocenters. The zero-order chi connectivity index (χ0) is 15.8. The first kappa shape index (κ1) is 20.5. The van der Waals surface area contributed by atoms with Crippen LogP contribution in [0.3, 0.4) is 0 Å². The minimum atomic E-state index is 0.0194. The van der Waals surface area contributed by atoms with Crippen molar-refractivity contribution in [1.82, 2.24) is 0 Å². The molecule has 2 nitrogen and oxygen atoms in total. The molecule has 1 atom stereocenters. The molecule has 0 spiro atoms. The van der Waals surface area contributed by atoms with Crippen LogP contribution in [0.1, 0.15) is 111 Å². The molecule has 126 valence electrons. The van der Waals surface area contributed by atoms with E-state index in [0.717, 1.165) is 19.3 Å².